The Morgan fingerprint density at radius 3 is 2.04 bits per heavy atom. The standard InChI is InChI=1S/C29H30F3N2S.C14H23F3O2.Ir/c1-26(2,3)21-17-19(16-18-8-6-7-9-20(18)21)23-24-22(10-15-33-23)34-25(35-24)28(29(30,31)32)13-11-27(4,5)12-14-28;1-5-10(6-2)11(18)9-12(19)13(7-3,8-4)14(15,16)17;/h6-10,15,17H,11-14H2,1-5H3;9-10,18H,5-8H2,1-4H3;/q-1;;/b;11-9-;. The van der Waals surface area contributed by atoms with E-state index >= 15 is 0 Å². The predicted octanol–water partition coefficient (Wildman–Crippen LogP) is 13.8. The first-order valence-electron chi connectivity index (χ1n) is 18.8. The SMILES string of the molecule is CC1(C)CCC(c2nc3ccnc(-c4[c-]c5ccccc5c(C(C)(C)C)c4)c3s2)(C(F)(F)F)CC1.CCC(CC)/C(O)=C/C(=O)C(CC)(CC)C(F)(F)F.[Ir]. The number of aliphatic hydroxyl groups excluding tert-OH is 1. The third-order valence-corrected chi connectivity index (χ3v) is 12.7. The van der Waals surface area contributed by atoms with Crippen molar-refractivity contribution in [2.75, 3.05) is 0 Å². The molecule has 305 valence electrons. The Morgan fingerprint density at radius 2 is 1.53 bits per heavy atom. The van der Waals surface area contributed by atoms with Crippen LogP contribution in [-0.4, -0.2) is 33.2 Å². The van der Waals surface area contributed by atoms with Crippen LogP contribution < -0.4 is 0 Å². The minimum absolute atomic E-state index is 0. The number of carbonyl (C=O) groups excluding carboxylic acids is 1. The Kier molecular flexibility index (Phi) is 14.7. The van der Waals surface area contributed by atoms with E-state index in [1.54, 1.807) is 12.3 Å². The number of allylic oxidation sites excluding steroid dienone is 2. The molecule has 2 aromatic heterocycles. The normalized spacial score (nSPS) is 16.5. The number of pyridine rings is 1. The number of rotatable bonds is 9. The molecule has 0 bridgehead atoms. The molecular formula is C43H53F6IrN2O2S-. The third-order valence-electron chi connectivity index (χ3n) is 11.5. The summed E-state index contributed by atoms with van der Waals surface area (Å²) in [6, 6.07) is 15.4. The molecule has 5 rings (SSSR count). The zero-order chi connectivity index (χ0) is 40.5. The van der Waals surface area contributed by atoms with Crippen molar-refractivity contribution >= 4 is 38.1 Å². The molecule has 2 aromatic carbocycles. The van der Waals surface area contributed by atoms with Gasteiger partial charge in [0.05, 0.1) is 11.3 Å². The van der Waals surface area contributed by atoms with Crippen LogP contribution in [0.1, 0.15) is 124 Å². The van der Waals surface area contributed by atoms with E-state index in [-0.39, 0.29) is 73.3 Å². The quantitative estimate of drug-likeness (QED) is 0.0786. The van der Waals surface area contributed by atoms with E-state index in [4.69, 9.17) is 0 Å². The fourth-order valence-corrected chi connectivity index (χ4v) is 8.77. The minimum Gasteiger partial charge on any atom is -0.512 e. The number of thiazole rings is 1. The van der Waals surface area contributed by atoms with Gasteiger partial charge in [0.15, 0.2) is 5.78 Å². The molecular weight excluding hydrogens is 915 g/mol. The maximum Gasteiger partial charge on any atom is 0.401 e. The monoisotopic (exact) mass is 968 g/mol. The smallest absolute Gasteiger partial charge is 0.401 e. The fourth-order valence-electron chi connectivity index (χ4n) is 7.44. The molecule has 1 aliphatic rings. The van der Waals surface area contributed by atoms with E-state index in [2.05, 4.69) is 62.8 Å². The van der Waals surface area contributed by atoms with E-state index < -0.39 is 29.0 Å². The molecule has 4 aromatic rings. The molecule has 0 saturated heterocycles. The second kappa shape index (κ2) is 17.4. The zero-order valence-corrected chi connectivity index (χ0v) is 36.3. The molecule has 0 aliphatic heterocycles. The molecule has 1 fully saturated rings. The number of nitrogens with zero attached hydrogens (tertiary/aromatic N) is 2. The average Bonchev–Trinajstić information content (AvgIpc) is 3.53. The summed E-state index contributed by atoms with van der Waals surface area (Å²) in [4.78, 5) is 21.2. The first-order valence-corrected chi connectivity index (χ1v) is 19.6. The van der Waals surface area contributed by atoms with Crippen molar-refractivity contribution in [1.82, 2.24) is 9.97 Å². The van der Waals surface area contributed by atoms with Crippen molar-refractivity contribution in [3.05, 3.63) is 71.1 Å². The summed E-state index contributed by atoms with van der Waals surface area (Å²) in [6.45, 7) is 16.9. The summed E-state index contributed by atoms with van der Waals surface area (Å²) >= 11 is 1.16. The second-order valence-electron chi connectivity index (χ2n) is 16.4. The Balaban J connectivity index is 0.000000349. The van der Waals surface area contributed by atoms with Crippen LogP contribution in [-0.2, 0) is 35.7 Å². The number of alkyl halides is 6. The molecule has 1 aliphatic carbocycles. The number of fused-ring (bicyclic) bond motifs is 2. The second-order valence-corrected chi connectivity index (χ2v) is 17.4. The topological polar surface area (TPSA) is 63.1 Å². The molecule has 0 spiro atoms. The number of aromatic nitrogens is 2. The Labute approximate surface area is 339 Å². The van der Waals surface area contributed by atoms with Crippen LogP contribution in [0.2, 0.25) is 0 Å². The molecule has 0 amide bonds. The predicted molar refractivity (Wildman–Crippen MR) is 207 cm³/mol. The van der Waals surface area contributed by atoms with Crippen molar-refractivity contribution in [3.8, 4) is 11.3 Å². The summed E-state index contributed by atoms with van der Waals surface area (Å²) in [5.74, 6) is -1.55. The zero-order valence-electron chi connectivity index (χ0n) is 33.1. The van der Waals surface area contributed by atoms with Crippen LogP contribution >= 0.6 is 11.3 Å². The summed E-state index contributed by atoms with van der Waals surface area (Å²) < 4.78 is 83.8. The summed E-state index contributed by atoms with van der Waals surface area (Å²) in [5, 5.41) is 12.0. The van der Waals surface area contributed by atoms with Gasteiger partial charge in [-0.05, 0) is 68.3 Å². The number of hydrogen-bond donors (Lipinski definition) is 1. The van der Waals surface area contributed by atoms with Gasteiger partial charge in [0.2, 0.25) is 0 Å². The molecule has 12 heteroatoms. The van der Waals surface area contributed by atoms with Gasteiger partial charge in [-0.1, -0.05) is 91.5 Å². The average molecular weight is 968 g/mol. The number of hydrogen-bond acceptors (Lipinski definition) is 5. The van der Waals surface area contributed by atoms with Crippen molar-refractivity contribution in [2.45, 2.75) is 137 Å². The van der Waals surface area contributed by atoms with Crippen LogP contribution in [0.4, 0.5) is 26.3 Å². The third kappa shape index (κ3) is 9.49. The first kappa shape index (κ1) is 46.6. The van der Waals surface area contributed by atoms with Gasteiger partial charge < -0.3 is 5.11 Å². The van der Waals surface area contributed by atoms with Gasteiger partial charge in [-0.3, -0.25) is 9.78 Å². The van der Waals surface area contributed by atoms with Gasteiger partial charge in [0.25, 0.3) is 0 Å². The maximum absolute atomic E-state index is 14.6. The molecule has 1 radical (unpaired) electrons. The molecule has 2 heterocycles. The van der Waals surface area contributed by atoms with Crippen LogP contribution in [0.15, 0.2) is 54.4 Å². The van der Waals surface area contributed by atoms with E-state index in [1.165, 1.54) is 13.8 Å². The van der Waals surface area contributed by atoms with Gasteiger partial charge in [-0.2, -0.15) is 26.3 Å². The van der Waals surface area contributed by atoms with Gasteiger partial charge in [-0.25, -0.2) is 4.98 Å². The van der Waals surface area contributed by atoms with Crippen molar-refractivity contribution < 1.29 is 56.3 Å². The Bertz CT molecular complexity index is 1960. The Hall–Kier alpha value is -2.82. The van der Waals surface area contributed by atoms with Crippen molar-refractivity contribution in [1.29, 1.82) is 0 Å². The van der Waals surface area contributed by atoms with Gasteiger partial charge in [0.1, 0.15) is 15.8 Å². The molecule has 55 heavy (non-hydrogen) atoms. The van der Waals surface area contributed by atoms with E-state index in [0.29, 0.717) is 41.6 Å². The molecule has 1 N–H and O–H groups in total. The number of carbonyl (C=O) groups is 1. The summed E-state index contributed by atoms with van der Waals surface area (Å²) in [6.07, 6.45) is -4.79. The van der Waals surface area contributed by atoms with Crippen LogP contribution in [0.3, 0.4) is 0 Å². The van der Waals surface area contributed by atoms with Crippen molar-refractivity contribution in [2.24, 2.45) is 16.7 Å². The number of halogens is 6. The van der Waals surface area contributed by atoms with Crippen LogP contribution in [0, 0.1) is 22.8 Å². The van der Waals surface area contributed by atoms with Gasteiger partial charge >= 0.3 is 12.4 Å². The number of benzene rings is 2. The molecule has 4 nitrogen and oxygen atoms in total. The molecule has 1 saturated carbocycles. The van der Waals surface area contributed by atoms with E-state index in [0.717, 1.165) is 39.3 Å². The Morgan fingerprint density at radius 1 is 0.945 bits per heavy atom. The minimum atomic E-state index is -4.60. The van der Waals surface area contributed by atoms with E-state index in [1.807, 2.05) is 32.0 Å². The molecule has 0 unspecified atom stereocenters. The number of aliphatic hydroxyl groups is 1. The van der Waals surface area contributed by atoms with Crippen LogP contribution in [0.5, 0.6) is 0 Å². The summed E-state index contributed by atoms with van der Waals surface area (Å²) in [5.41, 5.74) is -1.31. The first-order chi connectivity index (χ1) is 25.0. The fraction of sp³-hybridized carbons (Fsp3) is 0.558. The number of ketones is 1. The van der Waals surface area contributed by atoms with Gasteiger partial charge in [0, 0.05) is 48.7 Å². The largest absolute Gasteiger partial charge is 0.512 e. The molecule has 0 atom stereocenters. The maximum atomic E-state index is 14.6. The summed E-state index contributed by atoms with van der Waals surface area (Å²) in [7, 11) is 0. The van der Waals surface area contributed by atoms with Crippen LogP contribution in [0.25, 0.3) is 32.2 Å². The van der Waals surface area contributed by atoms with E-state index in [9.17, 15) is 36.2 Å². The van der Waals surface area contributed by atoms with Gasteiger partial charge in [-0.15, -0.1) is 40.5 Å². The van der Waals surface area contributed by atoms with Crippen molar-refractivity contribution in [3.63, 3.8) is 0 Å².